The summed E-state index contributed by atoms with van der Waals surface area (Å²) in [7, 11) is 1.63. The highest BCUT2D eigenvalue weighted by Gasteiger charge is 2.30. The van der Waals surface area contributed by atoms with E-state index in [1.807, 2.05) is 28.9 Å². The molecule has 1 aromatic heterocycles. The number of methoxy groups -OCH3 is 1. The van der Waals surface area contributed by atoms with E-state index in [2.05, 4.69) is 10.3 Å². The third-order valence-electron chi connectivity index (χ3n) is 3.39. The number of hydrogen-bond donors (Lipinski definition) is 1. The Labute approximate surface area is 117 Å². The standard InChI is InChI=1S/C14H18N4O2/c1-19-11-4-2-3-5-12(11)20-9-8-18-13(10-6-7-10)14(15)16-17-18/h2-5,10H,6-9,15H2,1H3. The van der Waals surface area contributed by atoms with Gasteiger partial charge in [-0.3, -0.25) is 0 Å². The molecule has 0 spiro atoms. The quantitative estimate of drug-likeness (QED) is 0.869. The minimum atomic E-state index is 0.503. The maximum Gasteiger partial charge on any atom is 0.169 e. The fourth-order valence-corrected chi connectivity index (χ4v) is 2.26. The van der Waals surface area contributed by atoms with Crippen molar-refractivity contribution in [1.82, 2.24) is 15.0 Å². The van der Waals surface area contributed by atoms with Gasteiger partial charge >= 0.3 is 0 Å². The van der Waals surface area contributed by atoms with Gasteiger partial charge in [-0.2, -0.15) is 0 Å². The molecule has 1 aromatic carbocycles. The van der Waals surface area contributed by atoms with Gasteiger partial charge in [-0.05, 0) is 25.0 Å². The number of nitrogens with two attached hydrogens (primary N) is 1. The molecule has 1 fully saturated rings. The van der Waals surface area contributed by atoms with Crippen molar-refractivity contribution >= 4 is 5.82 Å². The normalized spacial score (nSPS) is 14.2. The van der Waals surface area contributed by atoms with Crippen molar-refractivity contribution in [3.05, 3.63) is 30.0 Å². The fourth-order valence-electron chi connectivity index (χ4n) is 2.26. The third-order valence-corrected chi connectivity index (χ3v) is 3.39. The molecular formula is C14H18N4O2. The van der Waals surface area contributed by atoms with Crippen molar-refractivity contribution in [1.29, 1.82) is 0 Å². The number of rotatable bonds is 6. The highest BCUT2D eigenvalue weighted by atomic mass is 16.5. The number of aromatic nitrogens is 3. The van der Waals surface area contributed by atoms with Gasteiger partial charge in [0, 0.05) is 5.92 Å². The summed E-state index contributed by atoms with van der Waals surface area (Å²) in [6.07, 6.45) is 2.34. The Kier molecular flexibility index (Phi) is 3.45. The maximum absolute atomic E-state index is 5.86. The highest BCUT2D eigenvalue weighted by molar-refractivity contribution is 5.39. The Morgan fingerprint density at radius 3 is 2.75 bits per heavy atom. The van der Waals surface area contributed by atoms with Crippen LogP contribution in [0.4, 0.5) is 5.82 Å². The number of nitrogens with zero attached hydrogens (tertiary/aromatic N) is 3. The smallest absolute Gasteiger partial charge is 0.169 e. The molecule has 0 amide bonds. The van der Waals surface area contributed by atoms with Crippen LogP contribution in [0.3, 0.4) is 0 Å². The highest BCUT2D eigenvalue weighted by Crippen LogP contribution is 2.41. The summed E-state index contributed by atoms with van der Waals surface area (Å²) < 4.78 is 12.8. The number of hydrogen-bond acceptors (Lipinski definition) is 5. The number of benzene rings is 1. The molecule has 1 aliphatic rings. The predicted octanol–water partition coefficient (Wildman–Crippen LogP) is 1.83. The first kappa shape index (κ1) is 12.8. The van der Waals surface area contributed by atoms with Crippen molar-refractivity contribution in [2.75, 3.05) is 19.5 Å². The summed E-state index contributed by atoms with van der Waals surface area (Å²) >= 11 is 0. The van der Waals surface area contributed by atoms with Crippen LogP contribution in [0.1, 0.15) is 24.5 Å². The van der Waals surface area contributed by atoms with E-state index >= 15 is 0 Å². The van der Waals surface area contributed by atoms with Gasteiger partial charge in [0.1, 0.15) is 6.61 Å². The molecule has 106 valence electrons. The second-order valence-corrected chi connectivity index (χ2v) is 4.86. The summed E-state index contributed by atoms with van der Waals surface area (Å²) in [5.41, 5.74) is 6.91. The molecule has 0 radical (unpaired) electrons. The second-order valence-electron chi connectivity index (χ2n) is 4.86. The molecule has 0 unspecified atom stereocenters. The second kappa shape index (κ2) is 5.40. The zero-order chi connectivity index (χ0) is 13.9. The Morgan fingerprint density at radius 1 is 1.30 bits per heavy atom. The first-order valence-electron chi connectivity index (χ1n) is 6.74. The van der Waals surface area contributed by atoms with Crippen molar-refractivity contribution in [3.8, 4) is 11.5 Å². The van der Waals surface area contributed by atoms with E-state index in [0.717, 1.165) is 17.2 Å². The predicted molar refractivity (Wildman–Crippen MR) is 74.9 cm³/mol. The summed E-state index contributed by atoms with van der Waals surface area (Å²) in [6.45, 7) is 1.14. The number of para-hydroxylation sites is 2. The molecule has 0 bridgehead atoms. The molecule has 6 nitrogen and oxygen atoms in total. The number of nitrogen functional groups attached to an aromatic ring is 1. The summed E-state index contributed by atoms with van der Waals surface area (Å²) in [4.78, 5) is 0. The molecule has 1 heterocycles. The Hall–Kier alpha value is -2.24. The van der Waals surface area contributed by atoms with Gasteiger partial charge in [0.15, 0.2) is 17.3 Å². The monoisotopic (exact) mass is 274 g/mol. The van der Waals surface area contributed by atoms with Crippen LogP contribution in [0, 0.1) is 0 Å². The average molecular weight is 274 g/mol. The van der Waals surface area contributed by atoms with Crippen molar-refractivity contribution in [2.45, 2.75) is 25.3 Å². The lowest BCUT2D eigenvalue weighted by Crippen LogP contribution is -2.12. The fraction of sp³-hybridized carbons (Fsp3) is 0.429. The molecule has 0 atom stereocenters. The van der Waals surface area contributed by atoms with Crippen LogP contribution in [0.2, 0.25) is 0 Å². The largest absolute Gasteiger partial charge is 0.493 e. The van der Waals surface area contributed by atoms with Gasteiger partial charge in [0.05, 0.1) is 19.3 Å². The van der Waals surface area contributed by atoms with Crippen LogP contribution in [-0.2, 0) is 6.54 Å². The third kappa shape index (κ3) is 2.54. The molecular weight excluding hydrogens is 256 g/mol. The maximum atomic E-state index is 5.86. The summed E-state index contributed by atoms with van der Waals surface area (Å²) in [5.74, 6) is 2.53. The molecule has 3 rings (SSSR count). The van der Waals surface area contributed by atoms with Crippen molar-refractivity contribution in [2.24, 2.45) is 0 Å². The minimum absolute atomic E-state index is 0.503. The van der Waals surface area contributed by atoms with Gasteiger partial charge in [-0.25, -0.2) is 4.68 Å². The lowest BCUT2D eigenvalue weighted by atomic mass is 10.3. The van der Waals surface area contributed by atoms with Crippen LogP contribution in [-0.4, -0.2) is 28.7 Å². The van der Waals surface area contributed by atoms with Crippen LogP contribution < -0.4 is 15.2 Å². The molecule has 2 aromatic rings. The minimum Gasteiger partial charge on any atom is -0.493 e. The zero-order valence-electron chi connectivity index (χ0n) is 11.5. The van der Waals surface area contributed by atoms with E-state index in [0.29, 0.717) is 24.9 Å². The van der Waals surface area contributed by atoms with E-state index in [1.54, 1.807) is 7.11 Å². The SMILES string of the molecule is COc1ccccc1OCCn1nnc(N)c1C1CC1. The van der Waals surface area contributed by atoms with Gasteiger partial charge in [0.25, 0.3) is 0 Å². The first-order chi connectivity index (χ1) is 9.79. The van der Waals surface area contributed by atoms with Gasteiger partial charge in [0.2, 0.25) is 0 Å². The van der Waals surface area contributed by atoms with Crippen molar-refractivity contribution < 1.29 is 9.47 Å². The molecule has 1 aliphatic carbocycles. The van der Waals surface area contributed by atoms with E-state index in [-0.39, 0.29) is 0 Å². The zero-order valence-corrected chi connectivity index (χ0v) is 11.5. The lowest BCUT2D eigenvalue weighted by Gasteiger charge is -2.11. The van der Waals surface area contributed by atoms with E-state index in [4.69, 9.17) is 15.2 Å². The Morgan fingerprint density at radius 2 is 2.05 bits per heavy atom. The van der Waals surface area contributed by atoms with Crippen LogP contribution in [0.5, 0.6) is 11.5 Å². The van der Waals surface area contributed by atoms with E-state index in [9.17, 15) is 0 Å². The van der Waals surface area contributed by atoms with Crippen LogP contribution in [0.15, 0.2) is 24.3 Å². The molecule has 0 saturated heterocycles. The molecule has 1 saturated carbocycles. The summed E-state index contributed by atoms with van der Waals surface area (Å²) in [6, 6.07) is 7.59. The number of ether oxygens (including phenoxy) is 2. The summed E-state index contributed by atoms with van der Waals surface area (Å²) in [5, 5.41) is 8.03. The van der Waals surface area contributed by atoms with Crippen LogP contribution in [0.25, 0.3) is 0 Å². The van der Waals surface area contributed by atoms with Gasteiger partial charge in [-0.1, -0.05) is 17.3 Å². The van der Waals surface area contributed by atoms with Gasteiger partial charge in [-0.15, -0.1) is 5.10 Å². The van der Waals surface area contributed by atoms with Crippen molar-refractivity contribution in [3.63, 3.8) is 0 Å². The Bertz CT molecular complexity index is 593. The van der Waals surface area contributed by atoms with E-state index in [1.165, 1.54) is 12.8 Å². The molecule has 0 aliphatic heterocycles. The molecule has 20 heavy (non-hydrogen) atoms. The molecule has 6 heteroatoms. The molecule has 2 N–H and O–H groups in total. The first-order valence-corrected chi connectivity index (χ1v) is 6.74. The Balaban J connectivity index is 1.63. The number of anilines is 1. The van der Waals surface area contributed by atoms with Gasteiger partial charge < -0.3 is 15.2 Å². The topological polar surface area (TPSA) is 75.2 Å². The van der Waals surface area contributed by atoms with Crippen LogP contribution >= 0.6 is 0 Å². The lowest BCUT2D eigenvalue weighted by molar-refractivity contribution is 0.271. The average Bonchev–Trinajstić information content (AvgIpc) is 3.24. The van der Waals surface area contributed by atoms with E-state index < -0.39 is 0 Å².